The van der Waals surface area contributed by atoms with Crippen LogP contribution in [0, 0.1) is 34.0 Å². The minimum Gasteiger partial charge on any atom is -0.387 e. The predicted octanol–water partition coefficient (Wildman–Crippen LogP) is 1.61. The molecule has 0 unspecified atom stereocenters. The fourth-order valence-corrected chi connectivity index (χ4v) is 7.54. The Labute approximate surface area is 147 Å². The third-order valence-corrected chi connectivity index (χ3v) is 8.58. The molecule has 6 aliphatic rings. The maximum atomic E-state index is 13.3. The summed E-state index contributed by atoms with van der Waals surface area (Å²) in [7, 11) is 0. The molecule has 0 aromatic heterocycles. The summed E-state index contributed by atoms with van der Waals surface area (Å²) in [5.41, 5.74) is -1.82. The predicted molar refractivity (Wildman–Crippen MR) is 88.3 cm³/mol. The zero-order valence-corrected chi connectivity index (χ0v) is 14.9. The fourth-order valence-electron chi connectivity index (χ4n) is 7.54. The van der Waals surface area contributed by atoms with Gasteiger partial charge in [0.25, 0.3) is 0 Å². The summed E-state index contributed by atoms with van der Waals surface area (Å²) in [6.07, 6.45) is 1.89. The van der Waals surface area contributed by atoms with Gasteiger partial charge in [-0.25, -0.2) is 0 Å². The minimum absolute atomic E-state index is 0.0319. The summed E-state index contributed by atoms with van der Waals surface area (Å²) < 4.78 is 5.83. The van der Waals surface area contributed by atoms with Gasteiger partial charge in [0.15, 0.2) is 5.78 Å². The number of allylic oxidation sites excluding steroid dienone is 1. The number of aliphatic hydroxyl groups excluding tert-OH is 1. The van der Waals surface area contributed by atoms with E-state index in [4.69, 9.17) is 4.74 Å². The molecule has 2 saturated heterocycles. The average Bonchev–Trinajstić information content (AvgIpc) is 2.75. The number of rotatable bonds is 0. The molecular formula is C20H26O5. The third-order valence-electron chi connectivity index (χ3n) is 8.58. The molecule has 0 radical (unpaired) electrons. The van der Waals surface area contributed by atoms with E-state index in [0.717, 1.165) is 6.42 Å². The number of aliphatic hydroxyl groups is 2. The number of ether oxygens (including phenoxy) is 1. The monoisotopic (exact) mass is 346 g/mol. The molecule has 2 aliphatic heterocycles. The molecule has 0 aromatic rings. The van der Waals surface area contributed by atoms with E-state index in [0.29, 0.717) is 31.3 Å². The number of hydrogen-bond acceptors (Lipinski definition) is 5. The van der Waals surface area contributed by atoms with Crippen molar-refractivity contribution in [3.05, 3.63) is 12.2 Å². The van der Waals surface area contributed by atoms with Gasteiger partial charge in [0.1, 0.15) is 11.9 Å². The second kappa shape index (κ2) is 4.26. The number of fused-ring (bicyclic) bond motifs is 2. The van der Waals surface area contributed by atoms with E-state index >= 15 is 0 Å². The molecule has 136 valence electrons. The lowest BCUT2D eigenvalue weighted by molar-refractivity contribution is -0.426. The molecular weight excluding hydrogens is 320 g/mol. The number of hydrogen-bond donors (Lipinski definition) is 2. The molecule has 4 aliphatic carbocycles. The third kappa shape index (κ3) is 1.40. The largest absolute Gasteiger partial charge is 0.387 e. The van der Waals surface area contributed by atoms with Crippen LogP contribution < -0.4 is 0 Å². The Bertz CT molecular complexity index is 726. The van der Waals surface area contributed by atoms with Crippen LogP contribution in [0.1, 0.15) is 46.0 Å². The molecule has 0 aromatic carbocycles. The molecule has 0 amide bonds. The van der Waals surface area contributed by atoms with Gasteiger partial charge in [-0.15, -0.1) is 0 Å². The van der Waals surface area contributed by atoms with Crippen molar-refractivity contribution < 1.29 is 24.5 Å². The highest BCUT2D eigenvalue weighted by Gasteiger charge is 2.84. The van der Waals surface area contributed by atoms with Gasteiger partial charge in [0, 0.05) is 12.3 Å². The van der Waals surface area contributed by atoms with Crippen molar-refractivity contribution in [1.82, 2.24) is 0 Å². The van der Waals surface area contributed by atoms with Crippen LogP contribution in [0.15, 0.2) is 12.2 Å². The van der Waals surface area contributed by atoms with Crippen LogP contribution in [0.4, 0.5) is 0 Å². The second-order valence-electron chi connectivity index (χ2n) is 9.72. The first kappa shape index (κ1) is 16.2. The van der Waals surface area contributed by atoms with Crippen molar-refractivity contribution in [2.45, 2.75) is 57.8 Å². The van der Waals surface area contributed by atoms with Crippen molar-refractivity contribution in [1.29, 1.82) is 0 Å². The van der Waals surface area contributed by atoms with Gasteiger partial charge in [0.2, 0.25) is 5.79 Å². The van der Waals surface area contributed by atoms with E-state index in [1.807, 2.05) is 0 Å². The molecule has 4 saturated carbocycles. The zero-order valence-electron chi connectivity index (χ0n) is 14.9. The van der Waals surface area contributed by atoms with Gasteiger partial charge < -0.3 is 14.9 Å². The van der Waals surface area contributed by atoms with Gasteiger partial charge in [0.05, 0.1) is 17.4 Å². The number of carbonyl (C=O) groups excluding carboxylic acids is 2. The van der Waals surface area contributed by atoms with E-state index in [1.165, 1.54) is 0 Å². The summed E-state index contributed by atoms with van der Waals surface area (Å²) in [5, 5.41) is 22.8. The van der Waals surface area contributed by atoms with Gasteiger partial charge in [-0.2, -0.15) is 0 Å². The first-order chi connectivity index (χ1) is 11.6. The van der Waals surface area contributed by atoms with Crippen LogP contribution >= 0.6 is 0 Å². The maximum absolute atomic E-state index is 13.3. The van der Waals surface area contributed by atoms with E-state index in [1.54, 1.807) is 0 Å². The van der Waals surface area contributed by atoms with Gasteiger partial charge in [-0.3, -0.25) is 9.59 Å². The number of carbonyl (C=O) groups is 2. The minimum atomic E-state index is -1.91. The van der Waals surface area contributed by atoms with Crippen LogP contribution in [-0.4, -0.2) is 40.3 Å². The Morgan fingerprint density at radius 3 is 2.68 bits per heavy atom. The molecule has 7 atom stereocenters. The fraction of sp³-hybridized carbons (Fsp3) is 0.800. The summed E-state index contributed by atoms with van der Waals surface area (Å²) in [4.78, 5) is 26.5. The maximum Gasteiger partial charge on any atom is 0.205 e. The second-order valence-corrected chi connectivity index (χ2v) is 9.72. The summed E-state index contributed by atoms with van der Waals surface area (Å²) >= 11 is 0. The molecule has 6 rings (SSSR count). The Hall–Kier alpha value is -1.04. The standard InChI is InChI=1S/C20H26O5/c1-10-11-4-5-12-18-9-25-20(24,19(12,8-11)15(10)22)16(23)14(18)17(2,3)7-6-13(18)21/h11-12,14,16,23-24H,1,4-9H2,2-3H3/t11-,12+,14-,16+,18-,19+,20-/m1/s1. The van der Waals surface area contributed by atoms with E-state index in [-0.39, 0.29) is 41.3 Å². The Kier molecular flexibility index (Phi) is 2.76. The topological polar surface area (TPSA) is 83.8 Å². The highest BCUT2D eigenvalue weighted by Crippen LogP contribution is 2.75. The van der Waals surface area contributed by atoms with Crippen molar-refractivity contribution in [2.24, 2.45) is 34.0 Å². The van der Waals surface area contributed by atoms with Crippen LogP contribution in [0.3, 0.4) is 0 Å². The molecule has 6 fully saturated rings. The van der Waals surface area contributed by atoms with E-state index < -0.39 is 22.7 Å². The Morgan fingerprint density at radius 1 is 1.24 bits per heavy atom. The van der Waals surface area contributed by atoms with Crippen LogP contribution in [0.25, 0.3) is 0 Å². The average molecular weight is 346 g/mol. The quantitative estimate of drug-likeness (QED) is 0.651. The van der Waals surface area contributed by atoms with Crippen molar-refractivity contribution in [2.75, 3.05) is 6.61 Å². The van der Waals surface area contributed by atoms with Crippen molar-refractivity contribution >= 4 is 11.6 Å². The van der Waals surface area contributed by atoms with E-state index in [9.17, 15) is 19.8 Å². The molecule has 2 N–H and O–H groups in total. The Morgan fingerprint density at radius 2 is 1.96 bits per heavy atom. The van der Waals surface area contributed by atoms with Gasteiger partial charge in [-0.05, 0) is 48.5 Å². The summed E-state index contributed by atoms with van der Waals surface area (Å²) in [5.74, 6) is -2.60. The first-order valence-corrected chi connectivity index (χ1v) is 9.44. The first-order valence-electron chi connectivity index (χ1n) is 9.44. The summed E-state index contributed by atoms with van der Waals surface area (Å²) in [6.45, 7) is 8.21. The van der Waals surface area contributed by atoms with Crippen molar-refractivity contribution in [3.63, 3.8) is 0 Å². The molecule has 2 spiro atoms. The number of ketones is 2. The normalized spacial score (nSPS) is 55.9. The highest BCUT2D eigenvalue weighted by atomic mass is 16.6. The highest BCUT2D eigenvalue weighted by molar-refractivity contribution is 6.05. The molecule has 5 heteroatoms. The zero-order chi connectivity index (χ0) is 18.0. The van der Waals surface area contributed by atoms with Crippen molar-refractivity contribution in [3.8, 4) is 0 Å². The lowest BCUT2D eigenvalue weighted by atomic mass is 9.36. The SMILES string of the molecule is C=C1C(=O)[C@]23C[C@H]1CC[C@H]2[C@@]12CO[C@]3(O)[C@@H](O)[C@@H]1C(C)(C)CCC2=O. The Balaban J connectivity index is 1.80. The molecule has 5 nitrogen and oxygen atoms in total. The van der Waals surface area contributed by atoms with Crippen LogP contribution in [0.5, 0.6) is 0 Å². The van der Waals surface area contributed by atoms with Crippen LogP contribution in [0.2, 0.25) is 0 Å². The lowest BCUT2D eigenvalue weighted by Crippen LogP contribution is -2.83. The molecule has 25 heavy (non-hydrogen) atoms. The van der Waals surface area contributed by atoms with E-state index in [2.05, 4.69) is 20.4 Å². The van der Waals surface area contributed by atoms with Crippen LogP contribution in [-0.2, 0) is 14.3 Å². The van der Waals surface area contributed by atoms with Gasteiger partial charge in [-0.1, -0.05) is 20.4 Å². The number of Topliss-reactive ketones (excluding diaryl/α,β-unsaturated/α-hetero) is 2. The lowest BCUT2D eigenvalue weighted by Gasteiger charge is -2.72. The smallest absolute Gasteiger partial charge is 0.205 e. The molecule has 4 bridgehead atoms. The molecule has 2 heterocycles. The summed E-state index contributed by atoms with van der Waals surface area (Å²) in [6, 6.07) is 0. The van der Waals surface area contributed by atoms with Gasteiger partial charge >= 0.3 is 0 Å².